The van der Waals surface area contributed by atoms with Gasteiger partial charge < -0.3 is 14.5 Å². The summed E-state index contributed by atoms with van der Waals surface area (Å²) in [4.78, 5) is 11.6. The Balaban J connectivity index is 1.77. The fourth-order valence-corrected chi connectivity index (χ4v) is 1.77. The van der Waals surface area contributed by atoms with Crippen molar-refractivity contribution in [2.75, 3.05) is 6.61 Å². The predicted molar refractivity (Wildman–Crippen MR) is 72.0 cm³/mol. The van der Waals surface area contributed by atoms with E-state index in [1.165, 1.54) is 0 Å². The van der Waals surface area contributed by atoms with E-state index in [0.29, 0.717) is 12.3 Å². The van der Waals surface area contributed by atoms with Crippen LogP contribution in [0.4, 0.5) is 0 Å². The van der Waals surface area contributed by atoms with Crippen molar-refractivity contribution in [3.63, 3.8) is 0 Å². The van der Waals surface area contributed by atoms with Crippen LogP contribution in [0.5, 0.6) is 5.75 Å². The van der Waals surface area contributed by atoms with Crippen LogP contribution in [0.25, 0.3) is 0 Å². The van der Waals surface area contributed by atoms with Gasteiger partial charge >= 0.3 is 0 Å². The number of benzene rings is 1. The molecule has 1 N–H and O–H groups in total. The third kappa shape index (κ3) is 3.88. The first-order valence-corrected chi connectivity index (χ1v) is 6.15. The van der Waals surface area contributed by atoms with Gasteiger partial charge in [0.2, 0.25) is 0 Å². The molecule has 100 valence electrons. The Hall–Kier alpha value is -2.23. The van der Waals surface area contributed by atoms with E-state index in [9.17, 15) is 4.79 Å². The number of ether oxygens (including phenoxy) is 1. The minimum atomic E-state index is -0.151. The zero-order valence-corrected chi connectivity index (χ0v) is 11.1. The Labute approximate surface area is 112 Å². The van der Waals surface area contributed by atoms with Gasteiger partial charge in [0.25, 0.3) is 5.91 Å². The number of carbonyl (C=O) groups excluding carboxylic acids is 1. The maximum absolute atomic E-state index is 11.6. The van der Waals surface area contributed by atoms with Crippen molar-refractivity contribution in [2.45, 2.75) is 20.4 Å². The Morgan fingerprint density at radius 2 is 2.00 bits per heavy atom. The number of rotatable bonds is 5. The lowest BCUT2D eigenvalue weighted by molar-refractivity contribution is -0.123. The van der Waals surface area contributed by atoms with Gasteiger partial charge in [0.05, 0.1) is 0 Å². The summed E-state index contributed by atoms with van der Waals surface area (Å²) in [5, 5.41) is 2.80. The third-order valence-electron chi connectivity index (χ3n) is 2.73. The number of carbonyl (C=O) groups is 1. The van der Waals surface area contributed by atoms with Gasteiger partial charge in [0.1, 0.15) is 17.3 Å². The molecule has 0 bridgehead atoms. The van der Waals surface area contributed by atoms with E-state index >= 15 is 0 Å². The number of nitrogens with one attached hydrogen (secondary N) is 1. The minimum absolute atomic E-state index is 0.0138. The highest BCUT2D eigenvalue weighted by Gasteiger charge is 2.07. The normalized spacial score (nSPS) is 10.2. The zero-order chi connectivity index (χ0) is 13.7. The highest BCUT2D eigenvalue weighted by Crippen LogP contribution is 2.13. The summed E-state index contributed by atoms with van der Waals surface area (Å²) in [6.45, 7) is 4.24. The molecule has 1 amide bonds. The van der Waals surface area contributed by atoms with E-state index in [-0.39, 0.29) is 12.5 Å². The van der Waals surface area contributed by atoms with Crippen LogP contribution in [0.2, 0.25) is 0 Å². The first-order valence-electron chi connectivity index (χ1n) is 6.15. The molecule has 0 aliphatic heterocycles. The molecule has 0 saturated heterocycles. The SMILES string of the molecule is Cc1cc(CNC(=O)COc2ccccc2)c(C)o1. The standard InChI is InChI=1S/C15H17NO3/c1-11-8-13(12(2)19-11)9-16-15(17)10-18-14-6-4-3-5-7-14/h3-8H,9-10H2,1-2H3,(H,16,17). The fraction of sp³-hybridized carbons (Fsp3) is 0.267. The van der Waals surface area contributed by atoms with Crippen molar-refractivity contribution in [2.24, 2.45) is 0 Å². The molecule has 0 aliphatic rings. The Morgan fingerprint density at radius 3 is 2.63 bits per heavy atom. The van der Waals surface area contributed by atoms with Crippen LogP contribution in [0.3, 0.4) is 0 Å². The Kier molecular flexibility index (Phi) is 4.23. The number of hydrogen-bond acceptors (Lipinski definition) is 3. The number of para-hydroxylation sites is 1. The molecule has 0 aliphatic carbocycles. The average Bonchev–Trinajstić information content (AvgIpc) is 2.73. The first kappa shape index (κ1) is 13.2. The monoisotopic (exact) mass is 259 g/mol. The van der Waals surface area contributed by atoms with E-state index in [1.54, 1.807) is 0 Å². The second-order valence-corrected chi connectivity index (χ2v) is 4.32. The second-order valence-electron chi connectivity index (χ2n) is 4.32. The van der Waals surface area contributed by atoms with E-state index in [1.807, 2.05) is 50.2 Å². The van der Waals surface area contributed by atoms with Crippen LogP contribution in [0.1, 0.15) is 17.1 Å². The van der Waals surface area contributed by atoms with Crippen molar-refractivity contribution in [3.8, 4) is 5.75 Å². The van der Waals surface area contributed by atoms with Crippen LogP contribution in [-0.4, -0.2) is 12.5 Å². The molecular formula is C15H17NO3. The Bertz CT molecular complexity index is 546. The average molecular weight is 259 g/mol. The molecule has 0 fully saturated rings. The van der Waals surface area contributed by atoms with Crippen molar-refractivity contribution < 1.29 is 13.9 Å². The molecule has 0 radical (unpaired) electrons. The third-order valence-corrected chi connectivity index (χ3v) is 2.73. The van der Waals surface area contributed by atoms with Gasteiger partial charge in [-0.05, 0) is 32.0 Å². The van der Waals surface area contributed by atoms with Crippen LogP contribution < -0.4 is 10.1 Å². The molecule has 0 atom stereocenters. The molecule has 19 heavy (non-hydrogen) atoms. The minimum Gasteiger partial charge on any atom is -0.484 e. The van der Waals surface area contributed by atoms with Crippen molar-refractivity contribution in [1.29, 1.82) is 0 Å². The number of aryl methyl sites for hydroxylation is 2. The lowest BCUT2D eigenvalue weighted by Gasteiger charge is -2.06. The zero-order valence-electron chi connectivity index (χ0n) is 11.1. The molecule has 4 heteroatoms. The molecule has 0 spiro atoms. The fourth-order valence-electron chi connectivity index (χ4n) is 1.77. The lowest BCUT2D eigenvalue weighted by Crippen LogP contribution is -2.28. The first-order chi connectivity index (χ1) is 9.15. The van der Waals surface area contributed by atoms with E-state index in [0.717, 1.165) is 17.1 Å². The number of amides is 1. The van der Waals surface area contributed by atoms with E-state index in [4.69, 9.17) is 9.15 Å². The molecule has 2 aromatic rings. The summed E-state index contributed by atoms with van der Waals surface area (Å²) in [5.74, 6) is 2.22. The lowest BCUT2D eigenvalue weighted by atomic mass is 10.2. The molecule has 1 aromatic carbocycles. The summed E-state index contributed by atoms with van der Waals surface area (Å²) in [5.41, 5.74) is 0.991. The van der Waals surface area contributed by atoms with Crippen molar-refractivity contribution in [3.05, 3.63) is 53.5 Å². The van der Waals surface area contributed by atoms with Gasteiger partial charge in [-0.25, -0.2) is 0 Å². The summed E-state index contributed by atoms with van der Waals surface area (Å²) in [6.07, 6.45) is 0. The summed E-state index contributed by atoms with van der Waals surface area (Å²) in [7, 11) is 0. The van der Waals surface area contributed by atoms with E-state index < -0.39 is 0 Å². The quantitative estimate of drug-likeness (QED) is 0.898. The largest absolute Gasteiger partial charge is 0.484 e. The second kappa shape index (κ2) is 6.09. The highest BCUT2D eigenvalue weighted by atomic mass is 16.5. The van der Waals surface area contributed by atoms with Crippen LogP contribution >= 0.6 is 0 Å². The topological polar surface area (TPSA) is 51.5 Å². The molecule has 0 saturated carbocycles. The summed E-state index contributed by atoms with van der Waals surface area (Å²) < 4.78 is 10.7. The Morgan fingerprint density at radius 1 is 1.26 bits per heavy atom. The maximum atomic E-state index is 11.6. The van der Waals surface area contributed by atoms with Gasteiger partial charge in [-0.2, -0.15) is 0 Å². The molecule has 4 nitrogen and oxygen atoms in total. The molecule has 2 rings (SSSR count). The summed E-state index contributed by atoms with van der Waals surface area (Å²) in [6, 6.07) is 11.2. The van der Waals surface area contributed by atoms with E-state index in [2.05, 4.69) is 5.32 Å². The maximum Gasteiger partial charge on any atom is 0.258 e. The predicted octanol–water partition coefficient (Wildman–Crippen LogP) is 2.59. The van der Waals surface area contributed by atoms with Crippen LogP contribution in [0.15, 0.2) is 40.8 Å². The smallest absolute Gasteiger partial charge is 0.258 e. The van der Waals surface area contributed by atoms with Gasteiger partial charge in [0, 0.05) is 12.1 Å². The van der Waals surface area contributed by atoms with Crippen LogP contribution in [0, 0.1) is 13.8 Å². The molecular weight excluding hydrogens is 242 g/mol. The summed E-state index contributed by atoms with van der Waals surface area (Å²) >= 11 is 0. The van der Waals surface area contributed by atoms with Gasteiger partial charge in [-0.15, -0.1) is 0 Å². The van der Waals surface area contributed by atoms with Crippen molar-refractivity contribution in [1.82, 2.24) is 5.32 Å². The molecule has 1 heterocycles. The van der Waals surface area contributed by atoms with Crippen LogP contribution in [-0.2, 0) is 11.3 Å². The van der Waals surface area contributed by atoms with Crippen molar-refractivity contribution >= 4 is 5.91 Å². The molecule has 1 aromatic heterocycles. The molecule has 0 unspecified atom stereocenters. The van der Waals surface area contributed by atoms with Gasteiger partial charge in [-0.1, -0.05) is 18.2 Å². The van der Waals surface area contributed by atoms with Gasteiger partial charge in [-0.3, -0.25) is 4.79 Å². The van der Waals surface area contributed by atoms with Gasteiger partial charge in [0.15, 0.2) is 6.61 Å². The number of furan rings is 1. The number of hydrogen-bond donors (Lipinski definition) is 1. The highest BCUT2D eigenvalue weighted by molar-refractivity contribution is 5.77.